The Morgan fingerprint density at radius 1 is 1.27 bits per heavy atom. The van der Waals surface area contributed by atoms with Crippen molar-refractivity contribution in [2.45, 2.75) is 38.4 Å². The quantitative estimate of drug-likeness (QED) is 0.616. The lowest BCUT2D eigenvalue weighted by Crippen LogP contribution is -2.22. The molecule has 156 valence electrons. The van der Waals surface area contributed by atoms with Gasteiger partial charge in [-0.25, -0.2) is 15.0 Å². The van der Waals surface area contributed by atoms with Gasteiger partial charge in [0.1, 0.15) is 35.9 Å². The number of fused-ring (bicyclic) bond motifs is 1. The molecule has 0 bridgehead atoms. The molecule has 1 atom stereocenters. The molecule has 3 aromatic rings. The molecule has 3 aromatic heterocycles. The number of nitrogens with two attached hydrogens (primary N) is 1. The van der Waals surface area contributed by atoms with Gasteiger partial charge in [0.25, 0.3) is 0 Å². The zero-order chi connectivity index (χ0) is 21.3. The van der Waals surface area contributed by atoms with E-state index in [-0.39, 0.29) is 23.2 Å². The summed E-state index contributed by atoms with van der Waals surface area (Å²) in [5.41, 5.74) is 7.58. The van der Waals surface area contributed by atoms with Crippen LogP contribution in [0, 0.1) is 17.8 Å². The maximum absolute atomic E-state index is 12.8. The molecule has 3 N–H and O–H groups in total. The van der Waals surface area contributed by atoms with Crippen molar-refractivity contribution in [1.29, 1.82) is 0 Å². The van der Waals surface area contributed by atoms with E-state index in [4.69, 9.17) is 5.73 Å². The predicted octanol–water partition coefficient (Wildman–Crippen LogP) is 2.74. The summed E-state index contributed by atoms with van der Waals surface area (Å²) >= 11 is 0. The Morgan fingerprint density at radius 3 is 2.73 bits per heavy atom. The maximum Gasteiger partial charge on any atom is 0.405 e. The Hall–Kier alpha value is -3.42. The third-order valence-electron chi connectivity index (χ3n) is 4.60. The van der Waals surface area contributed by atoms with Gasteiger partial charge in [-0.3, -0.25) is 4.68 Å². The summed E-state index contributed by atoms with van der Waals surface area (Å²) in [5.74, 6) is 6.20. The number of aromatic nitrogens is 6. The van der Waals surface area contributed by atoms with Gasteiger partial charge < -0.3 is 11.1 Å². The molecule has 1 fully saturated rings. The van der Waals surface area contributed by atoms with Crippen molar-refractivity contribution in [2.24, 2.45) is 5.92 Å². The number of anilines is 2. The summed E-state index contributed by atoms with van der Waals surface area (Å²) in [6.45, 7) is 1.18. The molecular weight excluding hydrogens is 397 g/mol. The number of hydrogen-bond acceptors (Lipinski definition) is 7. The lowest BCUT2D eigenvalue weighted by atomic mass is 9.99. The molecule has 11 heteroatoms. The number of halogens is 3. The van der Waals surface area contributed by atoms with Crippen molar-refractivity contribution in [1.82, 2.24) is 29.7 Å². The van der Waals surface area contributed by atoms with Gasteiger partial charge in [0, 0.05) is 18.4 Å². The van der Waals surface area contributed by atoms with Crippen LogP contribution in [0.1, 0.15) is 36.9 Å². The van der Waals surface area contributed by atoms with Crippen LogP contribution in [0.5, 0.6) is 0 Å². The molecule has 0 amide bonds. The van der Waals surface area contributed by atoms with E-state index < -0.39 is 12.7 Å². The molecule has 4 rings (SSSR count). The molecule has 0 aliphatic heterocycles. The molecular formula is C19H19F3N8. The topological polar surface area (TPSA) is 107 Å². The fourth-order valence-corrected chi connectivity index (χ4v) is 3.00. The summed E-state index contributed by atoms with van der Waals surface area (Å²) in [7, 11) is 0. The molecule has 1 aliphatic carbocycles. The van der Waals surface area contributed by atoms with E-state index in [0.717, 1.165) is 18.4 Å². The molecule has 0 radical (unpaired) electrons. The lowest BCUT2D eigenvalue weighted by molar-refractivity contribution is -0.115. The molecule has 3 heterocycles. The van der Waals surface area contributed by atoms with Gasteiger partial charge in [0.2, 0.25) is 5.95 Å². The minimum Gasteiger partial charge on any atom is -0.368 e. The van der Waals surface area contributed by atoms with Crippen molar-refractivity contribution < 1.29 is 13.2 Å². The highest BCUT2D eigenvalue weighted by molar-refractivity contribution is 5.89. The van der Waals surface area contributed by atoms with E-state index in [1.54, 1.807) is 17.1 Å². The van der Waals surface area contributed by atoms with Crippen molar-refractivity contribution in [2.75, 3.05) is 17.6 Å². The lowest BCUT2D eigenvalue weighted by Gasteiger charge is -2.17. The summed E-state index contributed by atoms with van der Waals surface area (Å²) in [6, 6.07) is 1.80. The second kappa shape index (κ2) is 7.78. The number of hydrogen-bond donors (Lipinski definition) is 2. The van der Waals surface area contributed by atoms with E-state index in [9.17, 15) is 13.2 Å². The molecule has 1 unspecified atom stereocenters. The number of nitrogen functional groups attached to an aromatic ring is 1. The predicted molar refractivity (Wildman–Crippen MR) is 104 cm³/mol. The second-order valence-corrected chi connectivity index (χ2v) is 7.26. The van der Waals surface area contributed by atoms with Crippen LogP contribution >= 0.6 is 0 Å². The van der Waals surface area contributed by atoms with E-state index in [1.165, 1.54) is 6.33 Å². The van der Waals surface area contributed by atoms with Crippen LogP contribution in [0.2, 0.25) is 0 Å². The Morgan fingerprint density at radius 2 is 2.07 bits per heavy atom. The molecule has 0 aromatic carbocycles. The summed E-state index contributed by atoms with van der Waals surface area (Å²) in [6.07, 6.45) is 0.706. The Kier molecular flexibility index (Phi) is 5.15. The van der Waals surface area contributed by atoms with Crippen LogP contribution in [-0.2, 0) is 6.54 Å². The highest BCUT2D eigenvalue weighted by Gasteiger charge is 2.28. The van der Waals surface area contributed by atoms with E-state index in [2.05, 4.69) is 42.2 Å². The van der Waals surface area contributed by atoms with E-state index >= 15 is 0 Å². The summed E-state index contributed by atoms with van der Waals surface area (Å²) < 4.78 is 40.0. The number of nitrogens with one attached hydrogen (secondary N) is 1. The fraction of sp³-hybridized carbons (Fsp3) is 0.421. The molecule has 1 aliphatic rings. The van der Waals surface area contributed by atoms with Crippen LogP contribution in [0.15, 0.2) is 18.7 Å². The molecule has 1 saturated carbocycles. The van der Waals surface area contributed by atoms with Gasteiger partial charge in [0.05, 0.1) is 0 Å². The molecule has 30 heavy (non-hydrogen) atoms. The van der Waals surface area contributed by atoms with Crippen LogP contribution in [0.3, 0.4) is 0 Å². The SMILES string of the molecule is CC(Cn1cncn1)c1cc(C#CC2CC2)nc2c(NCC(F)(F)F)nc(N)nc12. The summed E-state index contributed by atoms with van der Waals surface area (Å²) in [5, 5.41) is 6.40. The average Bonchev–Trinajstić information content (AvgIpc) is 3.38. The average molecular weight is 416 g/mol. The maximum atomic E-state index is 12.8. The van der Waals surface area contributed by atoms with Crippen LogP contribution in [0.25, 0.3) is 11.0 Å². The zero-order valence-corrected chi connectivity index (χ0v) is 16.1. The zero-order valence-electron chi connectivity index (χ0n) is 16.1. The molecule has 0 saturated heterocycles. The molecule has 8 nitrogen and oxygen atoms in total. The standard InChI is InChI=1S/C19H19F3N8/c1-11(7-30-10-24-9-26-30)14-6-13(5-4-12-2-3-12)27-16-15(14)28-18(23)29-17(16)25-8-19(20,21)22/h6,9-12H,2-3,7-8H2,1H3,(H3,23,25,28,29). The minimum absolute atomic E-state index is 0.0703. The third kappa shape index (κ3) is 4.76. The van der Waals surface area contributed by atoms with Gasteiger partial charge in [-0.1, -0.05) is 12.8 Å². The number of nitrogens with zero attached hydrogens (tertiary/aromatic N) is 6. The van der Waals surface area contributed by atoms with Crippen molar-refractivity contribution in [3.8, 4) is 11.8 Å². The Labute approximate surface area is 170 Å². The number of alkyl halides is 3. The molecule has 0 spiro atoms. The Bertz CT molecular complexity index is 1110. The smallest absolute Gasteiger partial charge is 0.368 e. The van der Waals surface area contributed by atoms with E-state index in [0.29, 0.717) is 23.7 Å². The van der Waals surface area contributed by atoms with Gasteiger partial charge in [-0.2, -0.15) is 23.3 Å². The number of pyridine rings is 1. The van der Waals surface area contributed by atoms with E-state index in [1.807, 2.05) is 6.92 Å². The van der Waals surface area contributed by atoms with Gasteiger partial charge in [0.15, 0.2) is 5.82 Å². The minimum atomic E-state index is -4.42. The highest BCUT2D eigenvalue weighted by atomic mass is 19.4. The highest BCUT2D eigenvalue weighted by Crippen LogP contribution is 2.31. The first-order chi connectivity index (χ1) is 14.3. The van der Waals surface area contributed by atoms with Crippen molar-refractivity contribution in [3.05, 3.63) is 30.0 Å². The first-order valence-electron chi connectivity index (χ1n) is 9.41. The van der Waals surface area contributed by atoms with Gasteiger partial charge >= 0.3 is 6.18 Å². The fourth-order valence-electron chi connectivity index (χ4n) is 3.00. The first kappa shape index (κ1) is 19.9. The van der Waals surface area contributed by atoms with Crippen molar-refractivity contribution in [3.63, 3.8) is 0 Å². The van der Waals surface area contributed by atoms with Crippen LogP contribution in [-0.4, -0.2) is 42.4 Å². The summed E-state index contributed by atoms with van der Waals surface area (Å²) in [4.78, 5) is 16.6. The number of rotatable bonds is 5. The third-order valence-corrected chi connectivity index (χ3v) is 4.60. The first-order valence-corrected chi connectivity index (χ1v) is 9.41. The second-order valence-electron chi connectivity index (χ2n) is 7.26. The Balaban J connectivity index is 1.81. The van der Waals surface area contributed by atoms with Crippen molar-refractivity contribution >= 4 is 22.8 Å². The monoisotopic (exact) mass is 416 g/mol. The van der Waals surface area contributed by atoms with Gasteiger partial charge in [-0.05, 0) is 30.4 Å². The normalized spacial score (nSPS) is 14.9. The van der Waals surface area contributed by atoms with Gasteiger partial charge in [-0.15, -0.1) is 0 Å². The largest absolute Gasteiger partial charge is 0.405 e. The van der Waals surface area contributed by atoms with Crippen LogP contribution < -0.4 is 11.1 Å². The van der Waals surface area contributed by atoms with Crippen LogP contribution in [0.4, 0.5) is 24.9 Å².